The lowest BCUT2D eigenvalue weighted by atomic mass is 10.2. The maximum atomic E-state index is 12.1. The maximum absolute atomic E-state index is 12.1. The quantitative estimate of drug-likeness (QED) is 0.563. The average molecular weight is 355 g/mol. The fourth-order valence-electron chi connectivity index (χ4n) is 1.92. The fourth-order valence-corrected chi connectivity index (χ4v) is 2.11. The molecule has 0 radical (unpaired) electrons. The largest absolute Gasteiger partial charge is 0.360 e. The molecule has 2 rings (SSSR count). The number of nitriles is 1. The van der Waals surface area contributed by atoms with Gasteiger partial charge in [0.15, 0.2) is 0 Å². The van der Waals surface area contributed by atoms with Crippen LogP contribution in [0.4, 0.5) is 17.1 Å². The minimum atomic E-state index is -0.549. The molecule has 2 aromatic carbocycles. The highest BCUT2D eigenvalue weighted by molar-refractivity contribution is 6.31. The second-order valence-electron chi connectivity index (χ2n) is 5.04. The molecular weight excluding hydrogens is 340 g/mol. The van der Waals surface area contributed by atoms with E-state index in [1.165, 1.54) is 13.1 Å². The number of hydrogen-bond acceptors (Lipinski definition) is 4. The van der Waals surface area contributed by atoms with Gasteiger partial charge in [0.1, 0.15) is 11.6 Å². The highest BCUT2D eigenvalue weighted by Gasteiger charge is 2.09. The molecule has 2 aromatic rings. The van der Waals surface area contributed by atoms with Crippen LogP contribution in [0.15, 0.2) is 60.3 Å². The van der Waals surface area contributed by atoms with E-state index >= 15 is 0 Å². The van der Waals surface area contributed by atoms with Crippen LogP contribution in [-0.2, 0) is 9.59 Å². The van der Waals surface area contributed by atoms with E-state index in [0.717, 1.165) is 0 Å². The van der Waals surface area contributed by atoms with Crippen molar-refractivity contribution in [2.24, 2.45) is 0 Å². The number of amides is 2. The van der Waals surface area contributed by atoms with E-state index in [1.54, 1.807) is 48.5 Å². The van der Waals surface area contributed by atoms with E-state index in [-0.39, 0.29) is 11.5 Å². The summed E-state index contributed by atoms with van der Waals surface area (Å²) < 4.78 is 0. The van der Waals surface area contributed by atoms with Crippen molar-refractivity contribution in [1.82, 2.24) is 0 Å². The first-order valence-corrected chi connectivity index (χ1v) is 7.67. The molecular formula is C18H15ClN4O2. The fraction of sp³-hybridized carbons (Fsp3) is 0.0556. The number of benzene rings is 2. The van der Waals surface area contributed by atoms with Crippen LogP contribution in [0.25, 0.3) is 0 Å². The molecule has 126 valence electrons. The van der Waals surface area contributed by atoms with Gasteiger partial charge in [0.05, 0.1) is 0 Å². The lowest BCUT2D eigenvalue weighted by Crippen LogP contribution is -2.14. The molecule has 7 heteroatoms. The van der Waals surface area contributed by atoms with Crippen molar-refractivity contribution < 1.29 is 9.59 Å². The molecule has 6 nitrogen and oxygen atoms in total. The smallest absolute Gasteiger partial charge is 0.267 e. The number of anilines is 3. The number of carbonyl (C=O) groups excluding carboxylic acids is 2. The number of nitrogens with zero attached hydrogens (tertiary/aromatic N) is 1. The van der Waals surface area contributed by atoms with E-state index in [1.807, 2.05) is 6.07 Å². The van der Waals surface area contributed by atoms with Crippen LogP contribution >= 0.6 is 11.6 Å². The topological polar surface area (TPSA) is 94.0 Å². The molecule has 0 saturated carbocycles. The lowest BCUT2D eigenvalue weighted by Gasteiger charge is -2.06. The third kappa shape index (κ3) is 5.68. The second kappa shape index (κ2) is 8.52. The molecule has 0 heterocycles. The molecule has 3 N–H and O–H groups in total. The van der Waals surface area contributed by atoms with Crippen LogP contribution in [0.2, 0.25) is 5.02 Å². The highest BCUT2D eigenvalue weighted by atomic mass is 35.5. The first-order valence-electron chi connectivity index (χ1n) is 7.29. The van der Waals surface area contributed by atoms with Crippen molar-refractivity contribution in [2.45, 2.75) is 6.92 Å². The van der Waals surface area contributed by atoms with Crippen molar-refractivity contribution in [3.63, 3.8) is 0 Å². The third-order valence-corrected chi connectivity index (χ3v) is 3.27. The van der Waals surface area contributed by atoms with E-state index in [9.17, 15) is 9.59 Å². The Labute approximate surface area is 150 Å². The summed E-state index contributed by atoms with van der Waals surface area (Å²) in [6.07, 6.45) is 1.31. The van der Waals surface area contributed by atoms with E-state index < -0.39 is 5.91 Å². The summed E-state index contributed by atoms with van der Waals surface area (Å²) in [7, 11) is 0. The summed E-state index contributed by atoms with van der Waals surface area (Å²) in [5, 5.41) is 17.8. The predicted molar refractivity (Wildman–Crippen MR) is 98.1 cm³/mol. The Morgan fingerprint density at radius 2 is 1.72 bits per heavy atom. The highest BCUT2D eigenvalue weighted by Crippen LogP contribution is 2.16. The Morgan fingerprint density at radius 3 is 2.32 bits per heavy atom. The number of hydrogen-bond donors (Lipinski definition) is 3. The summed E-state index contributed by atoms with van der Waals surface area (Å²) >= 11 is 5.86. The molecule has 0 fully saturated rings. The Balaban J connectivity index is 2.03. The van der Waals surface area contributed by atoms with Crippen molar-refractivity contribution in [1.29, 1.82) is 5.26 Å². The summed E-state index contributed by atoms with van der Waals surface area (Å²) in [6.45, 7) is 1.42. The molecule has 0 atom stereocenters. The summed E-state index contributed by atoms with van der Waals surface area (Å²) in [4.78, 5) is 23.1. The van der Waals surface area contributed by atoms with Gasteiger partial charge in [-0.25, -0.2) is 0 Å². The first-order chi connectivity index (χ1) is 12.0. The molecule has 0 saturated heterocycles. The Bertz CT molecular complexity index is 854. The Hall–Kier alpha value is -3.30. The van der Waals surface area contributed by atoms with Gasteiger partial charge in [-0.3, -0.25) is 9.59 Å². The van der Waals surface area contributed by atoms with Gasteiger partial charge in [-0.15, -0.1) is 0 Å². The second-order valence-corrected chi connectivity index (χ2v) is 5.47. The number of rotatable bonds is 5. The van der Waals surface area contributed by atoms with Crippen molar-refractivity contribution in [3.8, 4) is 6.07 Å². The number of halogens is 1. The van der Waals surface area contributed by atoms with Crippen molar-refractivity contribution in [2.75, 3.05) is 16.0 Å². The molecule has 0 aromatic heterocycles. The van der Waals surface area contributed by atoms with Crippen molar-refractivity contribution in [3.05, 3.63) is 65.3 Å². The van der Waals surface area contributed by atoms with Crippen molar-refractivity contribution >= 4 is 40.5 Å². The van der Waals surface area contributed by atoms with Gasteiger partial charge < -0.3 is 16.0 Å². The van der Waals surface area contributed by atoms with Crippen LogP contribution in [0.3, 0.4) is 0 Å². The van der Waals surface area contributed by atoms with E-state index in [2.05, 4.69) is 16.0 Å². The monoisotopic (exact) mass is 354 g/mol. The molecule has 25 heavy (non-hydrogen) atoms. The Morgan fingerprint density at radius 1 is 1.04 bits per heavy atom. The number of carbonyl (C=O) groups is 2. The zero-order valence-corrected chi connectivity index (χ0v) is 14.1. The molecule has 0 bridgehead atoms. The van der Waals surface area contributed by atoms with Gasteiger partial charge in [0.2, 0.25) is 5.91 Å². The van der Waals surface area contributed by atoms with Crippen LogP contribution < -0.4 is 16.0 Å². The van der Waals surface area contributed by atoms with Gasteiger partial charge in [0, 0.05) is 35.2 Å². The summed E-state index contributed by atoms with van der Waals surface area (Å²) in [5.41, 5.74) is 1.72. The van der Waals surface area contributed by atoms with Crippen LogP contribution in [0.5, 0.6) is 0 Å². The standard InChI is InChI=1S/C18H15ClN4O2/c1-12(24)22-16-7-5-15(6-8-16)21-11-13(10-20)18(25)23-17-4-2-3-14(19)9-17/h2-9,11,21H,1H3,(H,22,24)(H,23,25)/b13-11-. The van der Waals surface area contributed by atoms with Crippen LogP contribution in [0, 0.1) is 11.3 Å². The Kier molecular flexibility index (Phi) is 6.15. The molecule has 0 aliphatic heterocycles. The van der Waals surface area contributed by atoms with Gasteiger partial charge >= 0.3 is 0 Å². The lowest BCUT2D eigenvalue weighted by molar-refractivity contribution is -0.114. The van der Waals surface area contributed by atoms with Gasteiger partial charge in [-0.2, -0.15) is 5.26 Å². The molecule has 0 unspecified atom stereocenters. The molecule has 0 spiro atoms. The third-order valence-electron chi connectivity index (χ3n) is 3.04. The molecule has 0 aliphatic carbocycles. The van der Waals surface area contributed by atoms with Crippen LogP contribution in [-0.4, -0.2) is 11.8 Å². The molecule has 0 aliphatic rings. The normalized spacial score (nSPS) is 10.5. The maximum Gasteiger partial charge on any atom is 0.267 e. The number of nitrogens with one attached hydrogen (secondary N) is 3. The first kappa shape index (κ1) is 18.0. The minimum Gasteiger partial charge on any atom is -0.360 e. The van der Waals surface area contributed by atoms with Gasteiger partial charge in [-0.05, 0) is 42.5 Å². The van der Waals surface area contributed by atoms with Gasteiger partial charge in [0.25, 0.3) is 5.91 Å². The predicted octanol–water partition coefficient (Wildman–Crippen LogP) is 3.76. The minimum absolute atomic E-state index is 0.0917. The van der Waals surface area contributed by atoms with E-state index in [4.69, 9.17) is 16.9 Å². The summed E-state index contributed by atoms with van der Waals surface area (Å²) in [6, 6.07) is 15.3. The van der Waals surface area contributed by atoms with Crippen LogP contribution in [0.1, 0.15) is 6.92 Å². The molecule has 2 amide bonds. The SMILES string of the molecule is CC(=O)Nc1ccc(N/C=C(/C#N)C(=O)Nc2cccc(Cl)c2)cc1. The van der Waals surface area contributed by atoms with Gasteiger partial charge in [-0.1, -0.05) is 17.7 Å². The zero-order valence-electron chi connectivity index (χ0n) is 13.3. The van der Waals surface area contributed by atoms with E-state index in [0.29, 0.717) is 22.1 Å². The summed E-state index contributed by atoms with van der Waals surface area (Å²) in [5.74, 6) is -0.711. The average Bonchev–Trinajstić information content (AvgIpc) is 2.56. The zero-order chi connectivity index (χ0) is 18.2.